The minimum absolute atomic E-state index is 0.00864. The molecule has 0 unspecified atom stereocenters. The molecule has 8 nitrogen and oxygen atoms in total. The smallest absolute Gasteiger partial charge is 0.269 e. The van der Waals surface area contributed by atoms with E-state index in [1.807, 2.05) is 0 Å². The standard InChI is InChI=1S/C12H15NO7S/c1-21(17,18)8-12(19-7-11(6-14)20-12)9-3-2-4-10(5-9)13(15)16/h2-5,11,14H,6-8H2,1H3/t11-,12+/m0/s1. The Morgan fingerprint density at radius 1 is 1.52 bits per heavy atom. The summed E-state index contributed by atoms with van der Waals surface area (Å²) in [4.78, 5) is 10.3. The molecule has 1 aromatic rings. The number of aliphatic hydroxyl groups is 1. The molecule has 0 aromatic heterocycles. The van der Waals surface area contributed by atoms with Crippen LogP contribution in [0.15, 0.2) is 24.3 Å². The van der Waals surface area contributed by atoms with Gasteiger partial charge < -0.3 is 14.6 Å². The highest BCUT2D eigenvalue weighted by Crippen LogP contribution is 2.36. The van der Waals surface area contributed by atoms with Crippen LogP contribution in [-0.2, 0) is 25.1 Å². The van der Waals surface area contributed by atoms with Gasteiger partial charge in [0.25, 0.3) is 5.69 Å². The second-order valence-corrected chi connectivity index (χ2v) is 7.00. The van der Waals surface area contributed by atoms with Crippen molar-refractivity contribution in [3.8, 4) is 0 Å². The fourth-order valence-electron chi connectivity index (χ4n) is 2.17. The van der Waals surface area contributed by atoms with Gasteiger partial charge in [0, 0.05) is 24.0 Å². The number of sulfone groups is 1. The molecule has 1 saturated heterocycles. The number of non-ortho nitro benzene ring substituents is 1. The van der Waals surface area contributed by atoms with Crippen molar-refractivity contribution in [1.82, 2.24) is 0 Å². The highest BCUT2D eigenvalue weighted by atomic mass is 32.2. The van der Waals surface area contributed by atoms with Crippen LogP contribution < -0.4 is 0 Å². The lowest BCUT2D eigenvalue weighted by Gasteiger charge is -2.27. The third kappa shape index (κ3) is 3.56. The summed E-state index contributed by atoms with van der Waals surface area (Å²) < 4.78 is 34.2. The molecule has 1 fully saturated rings. The molecule has 2 atom stereocenters. The first-order chi connectivity index (χ1) is 9.76. The van der Waals surface area contributed by atoms with E-state index in [-0.39, 0.29) is 24.5 Å². The van der Waals surface area contributed by atoms with Crippen molar-refractivity contribution >= 4 is 15.5 Å². The van der Waals surface area contributed by atoms with Crippen LogP contribution in [0.1, 0.15) is 5.56 Å². The quantitative estimate of drug-likeness (QED) is 0.609. The lowest BCUT2D eigenvalue weighted by molar-refractivity contribution is -0.385. The summed E-state index contributed by atoms with van der Waals surface area (Å²) in [6, 6.07) is 5.43. The molecular formula is C12H15NO7S. The molecule has 1 aromatic carbocycles. The zero-order valence-electron chi connectivity index (χ0n) is 11.3. The Bertz CT molecular complexity index is 645. The van der Waals surface area contributed by atoms with Crippen LogP contribution >= 0.6 is 0 Å². The molecule has 0 spiro atoms. The number of ether oxygens (including phenoxy) is 2. The average molecular weight is 317 g/mol. The first-order valence-corrected chi connectivity index (χ1v) is 8.17. The number of nitro groups is 1. The van der Waals surface area contributed by atoms with E-state index < -0.39 is 32.4 Å². The topological polar surface area (TPSA) is 116 Å². The number of nitro benzene ring substituents is 1. The van der Waals surface area contributed by atoms with Crippen molar-refractivity contribution < 1.29 is 27.9 Å². The van der Waals surface area contributed by atoms with E-state index in [2.05, 4.69) is 0 Å². The summed E-state index contributed by atoms with van der Waals surface area (Å²) >= 11 is 0. The third-order valence-corrected chi connectivity index (χ3v) is 3.92. The van der Waals surface area contributed by atoms with Crippen molar-refractivity contribution in [2.75, 3.05) is 25.2 Å². The number of aliphatic hydroxyl groups excluding tert-OH is 1. The summed E-state index contributed by atoms with van der Waals surface area (Å²) in [5, 5.41) is 20.0. The van der Waals surface area contributed by atoms with Crippen LogP contribution in [0, 0.1) is 10.1 Å². The summed E-state index contributed by atoms with van der Waals surface area (Å²) in [6.45, 7) is -0.324. The van der Waals surface area contributed by atoms with Crippen molar-refractivity contribution in [3.05, 3.63) is 39.9 Å². The molecule has 2 rings (SSSR count). The molecule has 9 heteroatoms. The molecule has 1 aliphatic rings. The van der Waals surface area contributed by atoms with Crippen LogP contribution in [0.25, 0.3) is 0 Å². The van der Waals surface area contributed by atoms with Crippen molar-refractivity contribution in [3.63, 3.8) is 0 Å². The van der Waals surface area contributed by atoms with Gasteiger partial charge >= 0.3 is 0 Å². The average Bonchev–Trinajstić information content (AvgIpc) is 2.81. The van der Waals surface area contributed by atoms with Gasteiger partial charge in [-0.25, -0.2) is 8.42 Å². The second kappa shape index (κ2) is 5.68. The molecule has 1 N–H and O–H groups in total. The van der Waals surface area contributed by atoms with Crippen molar-refractivity contribution in [2.45, 2.75) is 11.9 Å². The molecular weight excluding hydrogens is 302 g/mol. The Morgan fingerprint density at radius 3 is 2.76 bits per heavy atom. The van der Waals surface area contributed by atoms with Gasteiger partial charge in [0.1, 0.15) is 11.9 Å². The summed E-state index contributed by atoms with van der Waals surface area (Å²) in [6.07, 6.45) is 0.344. The highest BCUT2D eigenvalue weighted by molar-refractivity contribution is 7.90. The number of hydrogen-bond acceptors (Lipinski definition) is 7. The first-order valence-electron chi connectivity index (χ1n) is 6.11. The van der Waals surface area contributed by atoms with E-state index in [1.165, 1.54) is 24.3 Å². The summed E-state index contributed by atoms with van der Waals surface area (Å²) in [5.41, 5.74) is 0.0399. The Labute approximate surface area is 121 Å². The first kappa shape index (κ1) is 15.8. The Kier molecular flexibility index (Phi) is 4.28. The third-order valence-electron chi connectivity index (χ3n) is 3.01. The van der Waals surface area contributed by atoms with Crippen LogP contribution in [0.4, 0.5) is 5.69 Å². The molecule has 0 amide bonds. The number of benzene rings is 1. The molecule has 0 radical (unpaired) electrons. The Morgan fingerprint density at radius 2 is 2.24 bits per heavy atom. The van der Waals surface area contributed by atoms with E-state index in [0.717, 1.165) is 6.26 Å². The highest BCUT2D eigenvalue weighted by Gasteiger charge is 2.46. The van der Waals surface area contributed by atoms with Crippen molar-refractivity contribution in [1.29, 1.82) is 0 Å². The normalized spacial score (nSPS) is 25.9. The van der Waals surface area contributed by atoms with Gasteiger partial charge in [-0.05, 0) is 0 Å². The SMILES string of the molecule is CS(=O)(=O)C[C@@]1(c2cccc([N+](=O)[O-])c2)OC[C@H](CO)O1. The minimum Gasteiger partial charge on any atom is -0.394 e. The zero-order valence-corrected chi connectivity index (χ0v) is 12.1. The molecule has 1 aliphatic heterocycles. The second-order valence-electron chi connectivity index (χ2n) is 4.86. The number of rotatable bonds is 5. The lowest BCUT2D eigenvalue weighted by Crippen LogP contribution is -2.36. The Hall–Kier alpha value is -1.55. The predicted octanol–water partition coefficient (Wildman–Crippen LogP) is 0.200. The molecule has 21 heavy (non-hydrogen) atoms. The fourth-order valence-corrected chi connectivity index (χ4v) is 3.18. The van der Waals surface area contributed by atoms with Crippen LogP contribution in [-0.4, -0.2) is 49.8 Å². The van der Waals surface area contributed by atoms with Crippen LogP contribution in [0.2, 0.25) is 0 Å². The van der Waals surface area contributed by atoms with Crippen molar-refractivity contribution in [2.24, 2.45) is 0 Å². The molecule has 116 valence electrons. The van der Waals surface area contributed by atoms with Gasteiger partial charge in [0.05, 0.1) is 18.1 Å². The maximum absolute atomic E-state index is 11.6. The summed E-state index contributed by atoms with van der Waals surface area (Å²) in [7, 11) is -3.48. The largest absolute Gasteiger partial charge is 0.394 e. The Balaban J connectivity index is 2.45. The van der Waals surface area contributed by atoms with Gasteiger partial charge in [-0.15, -0.1) is 0 Å². The fraction of sp³-hybridized carbons (Fsp3) is 0.500. The molecule has 0 saturated carbocycles. The van der Waals surface area contributed by atoms with Gasteiger partial charge in [-0.2, -0.15) is 0 Å². The van der Waals surface area contributed by atoms with E-state index in [4.69, 9.17) is 14.6 Å². The van der Waals surface area contributed by atoms with E-state index >= 15 is 0 Å². The zero-order chi connectivity index (χ0) is 15.7. The maximum Gasteiger partial charge on any atom is 0.269 e. The van der Waals surface area contributed by atoms with Gasteiger partial charge in [0.15, 0.2) is 9.84 Å². The lowest BCUT2D eigenvalue weighted by atomic mass is 10.1. The van der Waals surface area contributed by atoms with Gasteiger partial charge in [0.2, 0.25) is 5.79 Å². The number of nitrogens with zero attached hydrogens (tertiary/aromatic N) is 1. The molecule has 0 bridgehead atoms. The maximum atomic E-state index is 11.6. The van der Waals surface area contributed by atoms with Gasteiger partial charge in [-0.3, -0.25) is 10.1 Å². The predicted molar refractivity (Wildman–Crippen MR) is 72.4 cm³/mol. The van der Waals surface area contributed by atoms with Crippen LogP contribution in [0.5, 0.6) is 0 Å². The minimum atomic E-state index is -3.48. The summed E-state index contributed by atoms with van der Waals surface area (Å²) in [5.74, 6) is -2.12. The van der Waals surface area contributed by atoms with E-state index in [1.54, 1.807) is 0 Å². The molecule has 0 aliphatic carbocycles. The molecule has 1 heterocycles. The van der Waals surface area contributed by atoms with E-state index in [9.17, 15) is 18.5 Å². The van der Waals surface area contributed by atoms with E-state index in [0.29, 0.717) is 0 Å². The van der Waals surface area contributed by atoms with Gasteiger partial charge in [-0.1, -0.05) is 12.1 Å². The monoisotopic (exact) mass is 317 g/mol. The van der Waals surface area contributed by atoms with Crippen LogP contribution in [0.3, 0.4) is 0 Å². The number of hydrogen-bond donors (Lipinski definition) is 1.